The molecule has 0 aliphatic carbocycles. The van der Waals surface area contributed by atoms with Gasteiger partial charge in [-0.2, -0.15) is 0 Å². The Kier molecular flexibility index (Phi) is 4.47. The van der Waals surface area contributed by atoms with Gasteiger partial charge in [-0.15, -0.1) is 0 Å². The summed E-state index contributed by atoms with van der Waals surface area (Å²) in [6.45, 7) is 0. The van der Waals surface area contributed by atoms with Gasteiger partial charge in [0.05, 0.1) is 25.0 Å². The van der Waals surface area contributed by atoms with E-state index < -0.39 is 0 Å². The van der Waals surface area contributed by atoms with Crippen molar-refractivity contribution in [2.24, 2.45) is 5.84 Å². The van der Waals surface area contributed by atoms with Crippen molar-refractivity contribution < 1.29 is 13.9 Å². The van der Waals surface area contributed by atoms with Crippen LogP contribution < -0.4 is 20.7 Å². The van der Waals surface area contributed by atoms with Crippen molar-refractivity contribution in [1.29, 1.82) is 0 Å². The Labute approximate surface area is 119 Å². The third-order valence-corrected chi connectivity index (χ3v) is 3.44. The monoisotopic (exact) mass is 326 g/mol. The summed E-state index contributed by atoms with van der Waals surface area (Å²) < 4.78 is 16.8. The zero-order valence-corrected chi connectivity index (χ0v) is 12.2. The number of benzene rings is 1. The molecule has 0 aliphatic rings. The smallest absolute Gasteiger partial charge is 0.140 e. The van der Waals surface area contributed by atoms with E-state index in [-0.39, 0.29) is 6.04 Å². The predicted octanol–water partition coefficient (Wildman–Crippen LogP) is 2.61. The van der Waals surface area contributed by atoms with Crippen LogP contribution in [0.2, 0.25) is 0 Å². The average Bonchev–Trinajstić information content (AvgIpc) is 2.85. The number of ether oxygens (including phenoxy) is 2. The van der Waals surface area contributed by atoms with E-state index in [1.807, 2.05) is 18.2 Å². The molecule has 1 aromatic carbocycles. The molecule has 0 bridgehead atoms. The van der Waals surface area contributed by atoms with Crippen LogP contribution in [0.4, 0.5) is 0 Å². The summed E-state index contributed by atoms with van der Waals surface area (Å²) in [5, 5.41) is 0. The van der Waals surface area contributed by atoms with Gasteiger partial charge in [-0.05, 0) is 39.7 Å². The van der Waals surface area contributed by atoms with Gasteiger partial charge in [-0.25, -0.2) is 5.43 Å². The highest BCUT2D eigenvalue weighted by Gasteiger charge is 2.20. The molecular formula is C13H15BrN2O3. The molecule has 0 saturated heterocycles. The van der Waals surface area contributed by atoms with Crippen LogP contribution in [0.3, 0.4) is 0 Å². The highest BCUT2D eigenvalue weighted by Crippen LogP contribution is 2.33. The summed E-state index contributed by atoms with van der Waals surface area (Å²) in [5.41, 5.74) is 3.61. The van der Waals surface area contributed by atoms with E-state index in [4.69, 9.17) is 19.7 Å². The maximum Gasteiger partial charge on any atom is 0.140 e. The van der Waals surface area contributed by atoms with Gasteiger partial charge in [0.25, 0.3) is 0 Å². The summed E-state index contributed by atoms with van der Waals surface area (Å²) >= 11 is 3.42. The van der Waals surface area contributed by atoms with Crippen molar-refractivity contribution >= 4 is 15.9 Å². The molecule has 1 atom stereocenters. The van der Waals surface area contributed by atoms with Gasteiger partial charge in [0.1, 0.15) is 23.3 Å². The van der Waals surface area contributed by atoms with Gasteiger partial charge in [-0.3, -0.25) is 5.84 Å². The number of hydrogen-bond donors (Lipinski definition) is 2. The van der Waals surface area contributed by atoms with Crippen molar-refractivity contribution in [3.8, 4) is 11.5 Å². The van der Waals surface area contributed by atoms with Crippen LogP contribution in [0.1, 0.15) is 17.4 Å². The predicted molar refractivity (Wildman–Crippen MR) is 75.1 cm³/mol. The van der Waals surface area contributed by atoms with E-state index in [0.717, 1.165) is 10.0 Å². The molecule has 0 amide bonds. The van der Waals surface area contributed by atoms with Crippen molar-refractivity contribution in [2.75, 3.05) is 14.2 Å². The van der Waals surface area contributed by atoms with E-state index in [9.17, 15) is 0 Å². The van der Waals surface area contributed by atoms with Crippen LogP contribution in [0.5, 0.6) is 11.5 Å². The van der Waals surface area contributed by atoms with Crippen LogP contribution in [0.15, 0.2) is 39.4 Å². The van der Waals surface area contributed by atoms with Crippen LogP contribution in [0, 0.1) is 0 Å². The Morgan fingerprint density at radius 3 is 2.26 bits per heavy atom. The molecule has 0 aliphatic heterocycles. The normalized spacial score (nSPS) is 12.2. The summed E-state index contributed by atoms with van der Waals surface area (Å²) in [5.74, 6) is 7.71. The minimum atomic E-state index is -0.298. The number of halogens is 1. The summed E-state index contributed by atoms with van der Waals surface area (Å²) in [7, 11) is 3.21. The van der Waals surface area contributed by atoms with Crippen molar-refractivity contribution in [3.63, 3.8) is 0 Å². The Hall–Kier alpha value is -1.50. The highest BCUT2D eigenvalue weighted by molar-refractivity contribution is 9.10. The first kappa shape index (κ1) is 13.9. The lowest BCUT2D eigenvalue weighted by atomic mass is 10.0. The Morgan fingerprint density at radius 2 is 1.84 bits per heavy atom. The number of rotatable bonds is 5. The Morgan fingerprint density at radius 1 is 1.21 bits per heavy atom. The summed E-state index contributed by atoms with van der Waals surface area (Å²) in [6, 6.07) is 7.07. The molecule has 102 valence electrons. The molecule has 1 aromatic heterocycles. The number of hydrazine groups is 1. The van der Waals surface area contributed by atoms with Crippen LogP contribution in [-0.4, -0.2) is 14.2 Å². The first-order chi connectivity index (χ1) is 9.19. The van der Waals surface area contributed by atoms with Crippen molar-refractivity contribution in [1.82, 2.24) is 5.43 Å². The maximum absolute atomic E-state index is 5.64. The molecule has 6 heteroatoms. The van der Waals surface area contributed by atoms with Gasteiger partial charge in [-0.1, -0.05) is 0 Å². The van der Waals surface area contributed by atoms with E-state index >= 15 is 0 Å². The largest absolute Gasteiger partial charge is 0.497 e. The first-order valence-electron chi connectivity index (χ1n) is 5.61. The van der Waals surface area contributed by atoms with Crippen molar-refractivity contribution in [2.45, 2.75) is 6.04 Å². The molecule has 1 unspecified atom stereocenters. The average molecular weight is 327 g/mol. The van der Waals surface area contributed by atoms with Crippen LogP contribution in [-0.2, 0) is 0 Å². The van der Waals surface area contributed by atoms with E-state index in [2.05, 4.69) is 21.4 Å². The lowest BCUT2D eigenvalue weighted by Crippen LogP contribution is -2.28. The minimum absolute atomic E-state index is 0.298. The van der Waals surface area contributed by atoms with Gasteiger partial charge >= 0.3 is 0 Å². The molecular weight excluding hydrogens is 312 g/mol. The second-order valence-electron chi connectivity index (χ2n) is 3.88. The molecule has 19 heavy (non-hydrogen) atoms. The zero-order chi connectivity index (χ0) is 13.8. The van der Waals surface area contributed by atoms with Gasteiger partial charge in [0.15, 0.2) is 0 Å². The Balaban J connectivity index is 2.46. The van der Waals surface area contributed by atoms with Gasteiger partial charge in [0.2, 0.25) is 0 Å². The summed E-state index contributed by atoms with van der Waals surface area (Å²) in [4.78, 5) is 0. The minimum Gasteiger partial charge on any atom is -0.497 e. The molecule has 0 spiro atoms. The van der Waals surface area contributed by atoms with Gasteiger partial charge in [0, 0.05) is 6.07 Å². The lowest BCUT2D eigenvalue weighted by molar-refractivity contribution is 0.390. The fourth-order valence-electron chi connectivity index (χ4n) is 1.83. The van der Waals surface area contributed by atoms with Gasteiger partial charge < -0.3 is 13.9 Å². The van der Waals surface area contributed by atoms with Crippen molar-refractivity contribution in [3.05, 3.63) is 46.3 Å². The second-order valence-corrected chi connectivity index (χ2v) is 4.73. The highest BCUT2D eigenvalue weighted by atomic mass is 79.9. The number of nitrogens with one attached hydrogen (secondary N) is 1. The third-order valence-electron chi connectivity index (χ3n) is 2.78. The molecule has 2 aromatic rings. The standard InChI is InChI=1S/C13H15BrN2O3/c1-17-9-5-8(6-10(7-9)18-2)12(16-15)13-11(14)3-4-19-13/h3-7,12,16H,15H2,1-2H3. The molecule has 1 heterocycles. The molecule has 5 nitrogen and oxygen atoms in total. The lowest BCUT2D eigenvalue weighted by Gasteiger charge is -2.16. The number of hydrogen-bond acceptors (Lipinski definition) is 5. The number of nitrogens with two attached hydrogens (primary N) is 1. The number of methoxy groups -OCH3 is 2. The van der Waals surface area contributed by atoms with E-state index in [0.29, 0.717) is 17.3 Å². The quantitative estimate of drug-likeness (QED) is 0.653. The molecule has 0 radical (unpaired) electrons. The summed E-state index contributed by atoms with van der Waals surface area (Å²) in [6.07, 6.45) is 1.60. The van der Waals surface area contributed by atoms with E-state index in [1.165, 1.54) is 0 Å². The third kappa shape index (κ3) is 2.91. The Bertz CT molecular complexity index is 534. The van der Waals surface area contributed by atoms with E-state index in [1.54, 1.807) is 26.5 Å². The second kappa shape index (κ2) is 6.10. The topological polar surface area (TPSA) is 69.7 Å². The van der Waals surface area contributed by atoms with Crippen LogP contribution >= 0.6 is 15.9 Å². The molecule has 0 saturated carbocycles. The molecule has 0 fully saturated rings. The van der Waals surface area contributed by atoms with Crippen LogP contribution in [0.25, 0.3) is 0 Å². The SMILES string of the molecule is COc1cc(OC)cc(C(NN)c2occc2Br)c1. The first-order valence-corrected chi connectivity index (χ1v) is 6.41. The fraction of sp³-hybridized carbons (Fsp3) is 0.231. The molecule has 2 rings (SSSR count). The maximum atomic E-state index is 5.64. The fourth-order valence-corrected chi connectivity index (χ4v) is 2.26. The zero-order valence-electron chi connectivity index (χ0n) is 10.6. The number of furan rings is 1. The molecule has 3 N–H and O–H groups in total.